The third-order valence-electron chi connectivity index (χ3n) is 7.44. The van der Waals surface area contributed by atoms with Gasteiger partial charge in [-0.1, -0.05) is 99.3 Å². The van der Waals surface area contributed by atoms with Gasteiger partial charge in [0.1, 0.15) is 5.92 Å². The molecule has 0 aliphatic carbocycles. The Labute approximate surface area is 233 Å². The van der Waals surface area contributed by atoms with Crippen LogP contribution in [0.25, 0.3) is 0 Å². The highest BCUT2D eigenvalue weighted by Crippen LogP contribution is 2.45. The van der Waals surface area contributed by atoms with Crippen molar-refractivity contribution >= 4 is 25.1 Å². The summed E-state index contributed by atoms with van der Waals surface area (Å²) in [7, 11) is -3.36. The lowest BCUT2D eigenvalue weighted by atomic mass is 10.00. The zero-order valence-electron chi connectivity index (χ0n) is 25.4. The standard InChI is InChI=1S/C30H57O7P/c1-8-14-17-24(11-4)20-35-29(32)27(23-38(7,34)37-22-26(13-6)19-16-10-3)28(31)30(33)36-21-25(12-5)18-15-9-2/h24-27H,8-23H2,1-7H3. The largest absolute Gasteiger partial charge is 0.465 e. The first-order chi connectivity index (χ1) is 18.1. The molecule has 0 bridgehead atoms. The van der Waals surface area contributed by atoms with Crippen molar-refractivity contribution in [1.29, 1.82) is 0 Å². The van der Waals surface area contributed by atoms with Crippen molar-refractivity contribution in [1.82, 2.24) is 0 Å². The molecule has 0 rings (SSSR count). The normalized spacial score (nSPS) is 16.2. The molecule has 0 aliphatic rings. The predicted molar refractivity (Wildman–Crippen MR) is 155 cm³/mol. The smallest absolute Gasteiger partial charge is 0.375 e. The van der Waals surface area contributed by atoms with Gasteiger partial charge in [-0.25, -0.2) is 4.79 Å². The molecule has 0 aromatic rings. The van der Waals surface area contributed by atoms with E-state index >= 15 is 0 Å². The molecule has 0 fully saturated rings. The van der Waals surface area contributed by atoms with Gasteiger partial charge in [-0.05, 0) is 37.0 Å². The van der Waals surface area contributed by atoms with E-state index in [1.165, 1.54) is 6.66 Å². The molecule has 0 saturated carbocycles. The van der Waals surface area contributed by atoms with E-state index in [-0.39, 0.29) is 37.1 Å². The van der Waals surface area contributed by atoms with Gasteiger partial charge >= 0.3 is 11.9 Å². The molecule has 0 radical (unpaired) electrons. The van der Waals surface area contributed by atoms with E-state index in [1.54, 1.807) is 0 Å². The Bertz CT molecular complexity index is 709. The molecule has 0 N–H and O–H groups in total. The highest BCUT2D eigenvalue weighted by atomic mass is 31.2. The van der Waals surface area contributed by atoms with Crippen LogP contribution in [-0.2, 0) is 32.9 Å². The fourth-order valence-corrected chi connectivity index (χ4v) is 5.92. The quantitative estimate of drug-likeness (QED) is 0.0513. The Balaban J connectivity index is 5.49. The number of rotatable bonds is 24. The summed E-state index contributed by atoms with van der Waals surface area (Å²) in [6.45, 7) is 14.5. The van der Waals surface area contributed by atoms with Gasteiger partial charge < -0.3 is 14.0 Å². The third kappa shape index (κ3) is 16.0. The lowest BCUT2D eigenvalue weighted by Crippen LogP contribution is -2.36. The maximum atomic E-state index is 13.4. The summed E-state index contributed by atoms with van der Waals surface area (Å²) in [5, 5.41) is 0. The SMILES string of the molecule is CCCCC(CC)COC(=O)C(=O)C(CP(C)(=O)OCC(CC)CCCC)C(=O)OCC(CC)CCCC. The number of Topliss-reactive ketones (excluding diaryl/α,β-unsaturated/α-hetero) is 1. The number of esters is 2. The van der Waals surface area contributed by atoms with Crippen LogP contribution in [0, 0.1) is 23.7 Å². The molecule has 8 heteroatoms. The summed E-state index contributed by atoms with van der Waals surface area (Å²) in [6, 6.07) is 0. The first kappa shape index (κ1) is 36.8. The van der Waals surface area contributed by atoms with E-state index in [9.17, 15) is 18.9 Å². The minimum absolute atomic E-state index is 0.133. The fourth-order valence-electron chi connectivity index (χ4n) is 4.31. The average Bonchev–Trinajstić information content (AvgIpc) is 2.91. The molecule has 0 spiro atoms. The van der Waals surface area contributed by atoms with Crippen molar-refractivity contribution in [2.24, 2.45) is 23.7 Å². The maximum Gasteiger partial charge on any atom is 0.375 e. The van der Waals surface area contributed by atoms with Crippen LogP contribution in [0.5, 0.6) is 0 Å². The van der Waals surface area contributed by atoms with Crippen LogP contribution in [-0.4, -0.2) is 50.4 Å². The lowest BCUT2D eigenvalue weighted by molar-refractivity contribution is -0.162. The van der Waals surface area contributed by atoms with E-state index in [0.29, 0.717) is 6.61 Å². The van der Waals surface area contributed by atoms with E-state index in [0.717, 1.165) is 77.0 Å². The monoisotopic (exact) mass is 560 g/mol. The van der Waals surface area contributed by atoms with E-state index in [1.807, 2.05) is 13.8 Å². The van der Waals surface area contributed by atoms with Crippen molar-refractivity contribution in [3.05, 3.63) is 0 Å². The van der Waals surface area contributed by atoms with Gasteiger partial charge in [-0.15, -0.1) is 0 Å². The second-order valence-corrected chi connectivity index (χ2v) is 13.5. The Morgan fingerprint density at radius 1 is 0.658 bits per heavy atom. The summed E-state index contributed by atoms with van der Waals surface area (Å²) in [4.78, 5) is 39.0. The summed E-state index contributed by atoms with van der Waals surface area (Å²) in [6.07, 6.45) is 11.3. The molecular formula is C30H57O7P. The zero-order valence-corrected chi connectivity index (χ0v) is 26.3. The van der Waals surface area contributed by atoms with Gasteiger partial charge in [0.25, 0.3) is 5.78 Å². The Kier molecular flexibility index (Phi) is 20.9. The van der Waals surface area contributed by atoms with Crippen molar-refractivity contribution in [3.8, 4) is 0 Å². The molecular weight excluding hydrogens is 503 g/mol. The first-order valence-electron chi connectivity index (χ1n) is 15.2. The van der Waals surface area contributed by atoms with Gasteiger partial charge in [0, 0.05) is 12.8 Å². The van der Waals surface area contributed by atoms with Crippen molar-refractivity contribution < 1.29 is 32.9 Å². The van der Waals surface area contributed by atoms with Gasteiger partial charge in [0.05, 0.1) is 19.8 Å². The van der Waals surface area contributed by atoms with Gasteiger partial charge in [-0.2, -0.15) is 0 Å². The van der Waals surface area contributed by atoms with Crippen molar-refractivity contribution in [2.45, 2.75) is 119 Å². The zero-order chi connectivity index (χ0) is 29.0. The summed E-state index contributed by atoms with van der Waals surface area (Å²) in [5.74, 6) is -3.76. The topological polar surface area (TPSA) is 96.0 Å². The van der Waals surface area contributed by atoms with E-state index < -0.39 is 31.0 Å². The summed E-state index contributed by atoms with van der Waals surface area (Å²) in [5.41, 5.74) is 0. The fraction of sp³-hybridized carbons (Fsp3) is 0.900. The molecule has 0 aromatic carbocycles. The van der Waals surface area contributed by atoms with E-state index in [4.69, 9.17) is 14.0 Å². The number of ketones is 1. The average molecular weight is 561 g/mol. The van der Waals surface area contributed by atoms with Crippen LogP contribution < -0.4 is 0 Å². The minimum atomic E-state index is -3.36. The maximum absolute atomic E-state index is 13.4. The second-order valence-electron chi connectivity index (χ2n) is 10.9. The number of carbonyl (C=O) groups excluding carboxylic acids is 3. The number of ether oxygens (including phenoxy) is 2. The summed E-state index contributed by atoms with van der Waals surface area (Å²) >= 11 is 0. The molecule has 224 valence electrons. The molecule has 0 heterocycles. The third-order valence-corrected chi connectivity index (χ3v) is 9.16. The van der Waals surface area contributed by atoms with Crippen LogP contribution in [0.3, 0.4) is 0 Å². The second kappa shape index (κ2) is 21.6. The number of carbonyl (C=O) groups is 3. The highest BCUT2D eigenvalue weighted by molar-refractivity contribution is 7.58. The van der Waals surface area contributed by atoms with Crippen molar-refractivity contribution in [3.63, 3.8) is 0 Å². The Hall–Kier alpha value is -1.20. The molecule has 0 amide bonds. The van der Waals surface area contributed by atoms with Crippen LogP contribution in [0.2, 0.25) is 0 Å². The number of unbranched alkanes of at least 4 members (excludes halogenated alkanes) is 3. The van der Waals surface area contributed by atoms with Crippen LogP contribution >= 0.6 is 7.37 Å². The molecule has 5 atom stereocenters. The molecule has 38 heavy (non-hydrogen) atoms. The molecule has 0 saturated heterocycles. The lowest BCUT2D eigenvalue weighted by Gasteiger charge is -2.23. The molecule has 0 aromatic heterocycles. The van der Waals surface area contributed by atoms with Crippen LogP contribution in [0.1, 0.15) is 119 Å². The minimum Gasteiger partial charge on any atom is -0.465 e. The first-order valence-corrected chi connectivity index (χ1v) is 17.4. The van der Waals surface area contributed by atoms with E-state index in [2.05, 4.69) is 27.7 Å². The summed E-state index contributed by atoms with van der Waals surface area (Å²) < 4.78 is 30.0. The predicted octanol–water partition coefficient (Wildman–Crippen LogP) is 7.83. The number of hydrogen-bond donors (Lipinski definition) is 0. The van der Waals surface area contributed by atoms with Gasteiger partial charge in [-0.3, -0.25) is 14.2 Å². The highest BCUT2D eigenvalue weighted by Gasteiger charge is 2.39. The number of hydrogen-bond acceptors (Lipinski definition) is 7. The van der Waals surface area contributed by atoms with Gasteiger partial charge in [0.2, 0.25) is 7.37 Å². The van der Waals surface area contributed by atoms with Gasteiger partial charge in [0.15, 0.2) is 0 Å². The molecule has 0 aliphatic heterocycles. The molecule has 5 unspecified atom stereocenters. The van der Waals surface area contributed by atoms with Crippen LogP contribution in [0.4, 0.5) is 0 Å². The Morgan fingerprint density at radius 3 is 1.50 bits per heavy atom. The van der Waals surface area contributed by atoms with Crippen molar-refractivity contribution in [2.75, 3.05) is 32.6 Å². The van der Waals surface area contributed by atoms with Crippen LogP contribution in [0.15, 0.2) is 0 Å². The molecule has 7 nitrogen and oxygen atoms in total. The Morgan fingerprint density at radius 2 is 1.08 bits per heavy atom.